The quantitative estimate of drug-likeness (QED) is 0.807. The average Bonchev–Trinajstić information content (AvgIpc) is 2.20. The number of halogens is 2. The topological polar surface area (TPSA) is 65.2 Å². The second kappa shape index (κ2) is 4.87. The number of rotatable bonds is 3. The van der Waals surface area contributed by atoms with Gasteiger partial charge in [0.2, 0.25) is 0 Å². The molecule has 1 rings (SSSR count). The molecule has 0 saturated carbocycles. The predicted octanol–water partition coefficient (Wildman–Crippen LogP) is 2.09. The Hall–Kier alpha value is -1.72. The fourth-order valence-corrected chi connectivity index (χ4v) is 1.24. The first-order valence-corrected chi connectivity index (χ1v) is 4.69. The van der Waals surface area contributed by atoms with Crippen LogP contribution in [0.4, 0.5) is 14.6 Å². The second-order valence-electron chi connectivity index (χ2n) is 3.14. The van der Waals surface area contributed by atoms with E-state index in [-0.39, 0.29) is 23.6 Å². The van der Waals surface area contributed by atoms with Crippen LogP contribution in [0.2, 0.25) is 0 Å². The summed E-state index contributed by atoms with van der Waals surface area (Å²) < 4.78 is 29.6. The standard InChI is InChI=1S/C10H12F2N2O2/c1-3-16-10(15)6-4-5(2)7(8(11)12)14-9(6)13/h4,8H,3H2,1-2H3,(H2,13,14). The van der Waals surface area contributed by atoms with Crippen molar-refractivity contribution >= 4 is 11.8 Å². The lowest BCUT2D eigenvalue weighted by atomic mass is 10.1. The van der Waals surface area contributed by atoms with Crippen LogP contribution in [0.15, 0.2) is 6.07 Å². The van der Waals surface area contributed by atoms with Crippen molar-refractivity contribution in [2.24, 2.45) is 0 Å². The van der Waals surface area contributed by atoms with Gasteiger partial charge in [0.15, 0.2) is 0 Å². The maximum absolute atomic E-state index is 12.5. The van der Waals surface area contributed by atoms with Crippen LogP contribution in [0, 0.1) is 6.92 Å². The molecule has 0 fully saturated rings. The summed E-state index contributed by atoms with van der Waals surface area (Å²) in [5.74, 6) is -0.893. The number of aryl methyl sites for hydroxylation is 1. The lowest BCUT2D eigenvalue weighted by Gasteiger charge is -2.09. The summed E-state index contributed by atoms with van der Waals surface area (Å²) in [6.45, 7) is 3.27. The van der Waals surface area contributed by atoms with Gasteiger partial charge in [-0.1, -0.05) is 0 Å². The van der Waals surface area contributed by atoms with Crippen LogP contribution in [0.25, 0.3) is 0 Å². The zero-order valence-electron chi connectivity index (χ0n) is 8.96. The Bertz CT molecular complexity index is 408. The molecule has 16 heavy (non-hydrogen) atoms. The van der Waals surface area contributed by atoms with Crippen LogP contribution in [0.3, 0.4) is 0 Å². The lowest BCUT2D eigenvalue weighted by Crippen LogP contribution is -2.11. The van der Waals surface area contributed by atoms with Gasteiger partial charge < -0.3 is 10.5 Å². The van der Waals surface area contributed by atoms with Gasteiger partial charge in [-0.3, -0.25) is 0 Å². The number of carbonyl (C=O) groups excluding carboxylic acids is 1. The molecule has 88 valence electrons. The Morgan fingerprint density at radius 2 is 2.25 bits per heavy atom. The third-order valence-electron chi connectivity index (χ3n) is 1.98. The highest BCUT2D eigenvalue weighted by molar-refractivity contribution is 5.94. The zero-order valence-corrected chi connectivity index (χ0v) is 8.96. The number of carbonyl (C=O) groups is 1. The van der Waals surface area contributed by atoms with Crippen LogP contribution in [0.1, 0.15) is 35.0 Å². The van der Waals surface area contributed by atoms with Gasteiger partial charge in [0.25, 0.3) is 6.43 Å². The maximum atomic E-state index is 12.5. The Labute approximate surface area is 91.4 Å². The van der Waals surface area contributed by atoms with Gasteiger partial charge in [0.05, 0.1) is 6.61 Å². The molecule has 0 saturated heterocycles. The van der Waals surface area contributed by atoms with Gasteiger partial charge in [-0.15, -0.1) is 0 Å². The van der Waals surface area contributed by atoms with Crippen molar-refractivity contribution in [3.63, 3.8) is 0 Å². The molecule has 0 spiro atoms. The fraction of sp³-hybridized carbons (Fsp3) is 0.400. The van der Waals surface area contributed by atoms with Crippen LogP contribution < -0.4 is 5.73 Å². The number of nitrogens with zero attached hydrogens (tertiary/aromatic N) is 1. The summed E-state index contributed by atoms with van der Waals surface area (Å²) in [4.78, 5) is 14.9. The van der Waals surface area contributed by atoms with E-state index in [4.69, 9.17) is 10.5 Å². The fourth-order valence-electron chi connectivity index (χ4n) is 1.24. The molecule has 0 aliphatic carbocycles. The third-order valence-corrected chi connectivity index (χ3v) is 1.98. The van der Waals surface area contributed by atoms with Crippen molar-refractivity contribution in [3.8, 4) is 0 Å². The first kappa shape index (κ1) is 12.4. The van der Waals surface area contributed by atoms with Gasteiger partial charge in [0, 0.05) is 0 Å². The molecule has 0 amide bonds. The van der Waals surface area contributed by atoms with Gasteiger partial charge in [-0.2, -0.15) is 0 Å². The second-order valence-corrected chi connectivity index (χ2v) is 3.14. The summed E-state index contributed by atoms with van der Waals surface area (Å²) in [6, 6.07) is 1.27. The van der Waals surface area contributed by atoms with E-state index in [1.165, 1.54) is 13.0 Å². The monoisotopic (exact) mass is 230 g/mol. The third kappa shape index (κ3) is 2.44. The van der Waals surface area contributed by atoms with E-state index in [1.807, 2.05) is 0 Å². The van der Waals surface area contributed by atoms with Gasteiger partial charge in [-0.25, -0.2) is 18.6 Å². The Morgan fingerprint density at radius 3 is 2.75 bits per heavy atom. The number of alkyl halides is 2. The Morgan fingerprint density at radius 1 is 1.62 bits per heavy atom. The first-order chi connectivity index (χ1) is 7.47. The molecule has 0 aromatic carbocycles. The minimum absolute atomic E-state index is 0.0174. The van der Waals surface area contributed by atoms with Crippen LogP contribution in [-0.4, -0.2) is 17.6 Å². The van der Waals surface area contributed by atoms with E-state index in [1.54, 1.807) is 6.92 Å². The molecule has 1 heterocycles. The minimum atomic E-state index is -2.71. The van der Waals surface area contributed by atoms with E-state index in [9.17, 15) is 13.6 Å². The zero-order chi connectivity index (χ0) is 12.3. The summed E-state index contributed by atoms with van der Waals surface area (Å²) in [5, 5.41) is 0. The average molecular weight is 230 g/mol. The number of aromatic nitrogens is 1. The van der Waals surface area contributed by atoms with E-state index in [0.717, 1.165) is 0 Å². The number of esters is 1. The largest absolute Gasteiger partial charge is 0.462 e. The molecule has 1 aromatic heterocycles. The Kier molecular flexibility index (Phi) is 3.76. The summed E-state index contributed by atoms with van der Waals surface area (Å²) >= 11 is 0. The van der Waals surface area contributed by atoms with E-state index < -0.39 is 18.1 Å². The number of ether oxygens (including phenoxy) is 1. The van der Waals surface area contributed by atoms with Crippen LogP contribution in [0.5, 0.6) is 0 Å². The van der Waals surface area contributed by atoms with Crippen molar-refractivity contribution in [3.05, 3.63) is 22.9 Å². The SMILES string of the molecule is CCOC(=O)c1cc(C)c(C(F)F)nc1N. The van der Waals surface area contributed by atoms with Crippen LogP contribution in [-0.2, 0) is 4.74 Å². The van der Waals surface area contributed by atoms with Crippen molar-refractivity contribution in [1.29, 1.82) is 0 Å². The number of nitrogen functional groups attached to an aromatic ring is 1. The molecule has 0 radical (unpaired) electrons. The molecule has 0 aliphatic heterocycles. The lowest BCUT2D eigenvalue weighted by molar-refractivity contribution is 0.0526. The van der Waals surface area contributed by atoms with Crippen molar-refractivity contribution in [2.75, 3.05) is 12.3 Å². The highest BCUT2D eigenvalue weighted by Gasteiger charge is 2.19. The number of anilines is 1. The molecular formula is C10H12F2N2O2. The molecule has 4 nitrogen and oxygen atoms in total. The van der Waals surface area contributed by atoms with E-state index in [2.05, 4.69) is 4.98 Å². The number of hydrogen-bond donors (Lipinski definition) is 1. The molecule has 1 aromatic rings. The maximum Gasteiger partial charge on any atom is 0.341 e. The van der Waals surface area contributed by atoms with Crippen molar-refractivity contribution in [1.82, 2.24) is 4.98 Å². The summed E-state index contributed by atoms with van der Waals surface area (Å²) in [6.07, 6.45) is -2.71. The molecule has 0 bridgehead atoms. The summed E-state index contributed by atoms with van der Waals surface area (Å²) in [7, 11) is 0. The van der Waals surface area contributed by atoms with Crippen molar-refractivity contribution in [2.45, 2.75) is 20.3 Å². The smallest absolute Gasteiger partial charge is 0.341 e. The highest BCUT2D eigenvalue weighted by Crippen LogP contribution is 2.24. The number of nitrogens with two attached hydrogens (primary N) is 1. The number of hydrogen-bond acceptors (Lipinski definition) is 4. The summed E-state index contributed by atoms with van der Waals surface area (Å²) in [5.41, 5.74) is 5.23. The Balaban J connectivity index is 3.15. The van der Waals surface area contributed by atoms with Crippen LogP contribution >= 0.6 is 0 Å². The van der Waals surface area contributed by atoms with Gasteiger partial charge in [-0.05, 0) is 25.5 Å². The van der Waals surface area contributed by atoms with E-state index >= 15 is 0 Å². The first-order valence-electron chi connectivity index (χ1n) is 4.69. The normalized spacial score (nSPS) is 10.6. The molecule has 6 heteroatoms. The van der Waals surface area contributed by atoms with Gasteiger partial charge >= 0.3 is 5.97 Å². The van der Waals surface area contributed by atoms with Crippen molar-refractivity contribution < 1.29 is 18.3 Å². The molecular weight excluding hydrogens is 218 g/mol. The number of pyridine rings is 1. The van der Waals surface area contributed by atoms with E-state index in [0.29, 0.717) is 0 Å². The molecule has 0 aliphatic rings. The highest BCUT2D eigenvalue weighted by atomic mass is 19.3. The molecule has 0 unspecified atom stereocenters. The minimum Gasteiger partial charge on any atom is -0.462 e. The predicted molar refractivity (Wildman–Crippen MR) is 54.3 cm³/mol. The van der Waals surface area contributed by atoms with Gasteiger partial charge in [0.1, 0.15) is 17.1 Å². The molecule has 0 atom stereocenters. The molecule has 2 N–H and O–H groups in total.